The van der Waals surface area contributed by atoms with E-state index >= 15 is 0 Å². The van der Waals surface area contributed by atoms with E-state index in [1.807, 2.05) is 11.8 Å². The van der Waals surface area contributed by atoms with E-state index in [9.17, 15) is 0 Å². The highest BCUT2D eigenvalue weighted by Gasteiger charge is 2.29. The van der Waals surface area contributed by atoms with Crippen molar-refractivity contribution in [2.24, 2.45) is 5.92 Å². The summed E-state index contributed by atoms with van der Waals surface area (Å²) in [5.74, 6) is 0.754. The molecule has 108 valence electrons. The maximum atomic E-state index is 3.74. The quantitative estimate of drug-likeness (QED) is 0.766. The van der Waals surface area contributed by atoms with Crippen LogP contribution in [0.5, 0.6) is 0 Å². The average Bonchev–Trinajstić information content (AvgIpc) is 2.36. The fraction of sp³-hybridized carbons (Fsp3) is 1.00. The van der Waals surface area contributed by atoms with Crippen molar-refractivity contribution in [3.8, 4) is 0 Å². The van der Waals surface area contributed by atoms with Crippen molar-refractivity contribution in [2.45, 2.75) is 64.3 Å². The van der Waals surface area contributed by atoms with Gasteiger partial charge in [0.15, 0.2) is 0 Å². The predicted octanol–water partition coefficient (Wildman–Crippen LogP) is 3.23. The van der Waals surface area contributed by atoms with Gasteiger partial charge in [-0.25, -0.2) is 0 Å². The third kappa shape index (κ3) is 5.10. The maximum Gasteiger partial charge on any atom is 0.0244 e. The topological polar surface area (TPSA) is 15.3 Å². The molecule has 1 aliphatic heterocycles. The third-order valence-corrected chi connectivity index (χ3v) is 5.21. The Morgan fingerprint density at radius 3 is 2.61 bits per heavy atom. The van der Waals surface area contributed by atoms with Crippen LogP contribution in [-0.2, 0) is 0 Å². The molecule has 0 spiro atoms. The van der Waals surface area contributed by atoms with Gasteiger partial charge in [0.05, 0.1) is 0 Å². The predicted molar refractivity (Wildman–Crippen MR) is 84.5 cm³/mol. The van der Waals surface area contributed by atoms with E-state index in [1.54, 1.807) is 0 Å². The zero-order chi connectivity index (χ0) is 13.5. The Kier molecular flexibility index (Phi) is 7.66. The smallest absolute Gasteiger partial charge is 0.0244 e. The van der Waals surface area contributed by atoms with E-state index in [1.165, 1.54) is 38.9 Å². The van der Waals surface area contributed by atoms with Crippen molar-refractivity contribution in [1.82, 2.24) is 10.2 Å². The zero-order valence-corrected chi connectivity index (χ0v) is 13.7. The van der Waals surface area contributed by atoms with Crippen LogP contribution in [-0.4, -0.2) is 48.1 Å². The minimum absolute atomic E-state index is 0.717. The highest BCUT2D eigenvalue weighted by Crippen LogP contribution is 2.19. The second-order valence-corrected chi connectivity index (χ2v) is 7.31. The zero-order valence-electron chi connectivity index (χ0n) is 12.9. The monoisotopic (exact) mass is 272 g/mol. The van der Waals surface area contributed by atoms with Gasteiger partial charge in [-0.05, 0) is 31.6 Å². The number of hydrogen-bond donors (Lipinski definition) is 1. The summed E-state index contributed by atoms with van der Waals surface area (Å²) in [6.45, 7) is 13.0. The first-order chi connectivity index (χ1) is 8.58. The van der Waals surface area contributed by atoms with Crippen LogP contribution in [0.25, 0.3) is 0 Å². The molecule has 18 heavy (non-hydrogen) atoms. The van der Waals surface area contributed by atoms with Crippen molar-refractivity contribution < 1.29 is 0 Å². The lowest BCUT2D eigenvalue weighted by Gasteiger charge is -2.43. The minimum Gasteiger partial charge on any atom is -0.311 e. The van der Waals surface area contributed by atoms with Gasteiger partial charge in [0.25, 0.3) is 0 Å². The molecule has 1 saturated heterocycles. The summed E-state index contributed by atoms with van der Waals surface area (Å²) in [4.78, 5) is 2.74. The van der Waals surface area contributed by atoms with E-state index in [-0.39, 0.29) is 0 Å². The van der Waals surface area contributed by atoms with Gasteiger partial charge in [-0.3, -0.25) is 4.90 Å². The van der Waals surface area contributed by atoms with Crippen molar-refractivity contribution in [2.75, 3.05) is 25.9 Å². The van der Waals surface area contributed by atoms with Crippen molar-refractivity contribution in [1.29, 1.82) is 0 Å². The standard InChI is InChI=1S/C15H32N2S/c1-6-7-14-11-17(9-8-13(4)18-5)15(10-16-14)12(2)3/h12-16H,6-11H2,1-5H3. The number of thioether (sulfide) groups is 1. The molecule has 0 amide bonds. The van der Waals surface area contributed by atoms with Gasteiger partial charge >= 0.3 is 0 Å². The molecule has 0 bridgehead atoms. The van der Waals surface area contributed by atoms with E-state index in [0.29, 0.717) is 0 Å². The third-order valence-electron chi connectivity index (χ3n) is 4.17. The number of hydrogen-bond acceptors (Lipinski definition) is 3. The van der Waals surface area contributed by atoms with E-state index in [0.717, 1.165) is 23.3 Å². The van der Waals surface area contributed by atoms with Crippen molar-refractivity contribution in [3.63, 3.8) is 0 Å². The van der Waals surface area contributed by atoms with Crippen LogP contribution in [0, 0.1) is 5.92 Å². The average molecular weight is 273 g/mol. The van der Waals surface area contributed by atoms with E-state index in [2.05, 4.69) is 44.2 Å². The first-order valence-corrected chi connectivity index (χ1v) is 8.87. The van der Waals surface area contributed by atoms with Crippen LogP contribution >= 0.6 is 11.8 Å². The fourth-order valence-electron chi connectivity index (χ4n) is 2.82. The number of nitrogens with zero attached hydrogens (tertiary/aromatic N) is 1. The first-order valence-electron chi connectivity index (χ1n) is 7.58. The van der Waals surface area contributed by atoms with Gasteiger partial charge < -0.3 is 5.32 Å². The number of rotatable bonds is 7. The largest absolute Gasteiger partial charge is 0.311 e. The summed E-state index contributed by atoms with van der Waals surface area (Å²) in [5, 5.41) is 4.53. The lowest BCUT2D eigenvalue weighted by molar-refractivity contribution is 0.0946. The van der Waals surface area contributed by atoms with Crippen LogP contribution in [0.4, 0.5) is 0 Å². The second kappa shape index (κ2) is 8.44. The molecule has 3 atom stereocenters. The maximum absolute atomic E-state index is 3.74. The Labute approximate surface area is 118 Å². The molecule has 2 nitrogen and oxygen atoms in total. The Hall–Kier alpha value is 0.270. The molecule has 1 aliphatic rings. The van der Waals surface area contributed by atoms with E-state index in [4.69, 9.17) is 0 Å². The number of piperazine rings is 1. The lowest BCUT2D eigenvalue weighted by atomic mass is 9.96. The molecule has 1 rings (SSSR count). The summed E-state index contributed by atoms with van der Waals surface area (Å²) in [5.41, 5.74) is 0. The molecule has 0 radical (unpaired) electrons. The summed E-state index contributed by atoms with van der Waals surface area (Å²) >= 11 is 1.99. The Morgan fingerprint density at radius 1 is 1.33 bits per heavy atom. The summed E-state index contributed by atoms with van der Waals surface area (Å²) < 4.78 is 0. The molecule has 1 fully saturated rings. The molecule has 1 N–H and O–H groups in total. The molecule has 0 saturated carbocycles. The first kappa shape index (κ1) is 16.3. The van der Waals surface area contributed by atoms with Crippen LogP contribution in [0.15, 0.2) is 0 Å². The minimum atomic E-state index is 0.717. The van der Waals surface area contributed by atoms with Crippen LogP contribution in [0.3, 0.4) is 0 Å². The fourth-order valence-corrected chi connectivity index (χ4v) is 3.16. The van der Waals surface area contributed by atoms with Gasteiger partial charge in [-0.15, -0.1) is 0 Å². The molecular formula is C15H32N2S. The van der Waals surface area contributed by atoms with Gasteiger partial charge in [0.2, 0.25) is 0 Å². The Morgan fingerprint density at radius 2 is 2.06 bits per heavy atom. The summed E-state index contributed by atoms with van der Waals surface area (Å²) in [6, 6.07) is 1.45. The van der Waals surface area contributed by atoms with Gasteiger partial charge in [0.1, 0.15) is 0 Å². The summed E-state index contributed by atoms with van der Waals surface area (Å²) in [6.07, 6.45) is 6.16. The Bertz CT molecular complexity index is 221. The molecule has 0 aromatic heterocycles. The van der Waals surface area contributed by atoms with Crippen LogP contribution in [0.2, 0.25) is 0 Å². The molecule has 1 heterocycles. The normalized spacial score (nSPS) is 27.7. The molecule has 0 aromatic rings. The molecule has 0 aromatic carbocycles. The van der Waals surface area contributed by atoms with Gasteiger partial charge in [-0.2, -0.15) is 11.8 Å². The summed E-state index contributed by atoms with van der Waals surface area (Å²) in [7, 11) is 0. The highest BCUT2D eigenvalue weighted by atomic mass is 32.2. The Balaban J connectivity index is 2.49. The molecule has 3 heteroatoms. The van der Waals surface area contributed by atoms with Crippen molar-refractivity contribution in [3.05, 3.63) is 0 Å². The van der Waals surface area contributed by atoms with Crippen molar-refractivity contribution >= 4 is 11.8 Å². The molecule has 3 unspecified atom stereocenters. The lowest BCUT2D eigenvalue weighted by Crippen LogP contribution is -2.58. The molecule has 0 aliphatic carbocycles. The number of nitrogens with one attached hydrogen (secondary N) is 1. The SMILES string of the molecule is CCCC1CN(CCC(C)SC)C(C(C)C)CN1. The second-order valence-electron chi connectivity index (χ2n) is 6.04. The van der Waals surface area contributed by atoms with Gasteiger partial charge in [-0.1, -0.05) is 34.1 Å². The van der Waals surface area contributed by atoms with Crippen LogP contribution < -0.4 is 5.32 Å². The van der Waals surface area contributed by atoms with Gasteiger partial charge in [0, 0.05) is 30.4 Å². The highest BCUT2D eigenvalue weighted by molar-refractivity contribution is 7.99. The van der Waals surface area contributed by atoms with Crippen LogP contribution in [0.1, 0.15) is 47.0 Å². The van der Waals surface area contributed by atoms with E-state index < -0.39 is 0 Å². The molecular weight excluding hydrogens is 240 g/mol.